The highest BCUT2D eigenvalue weighted by Crippen LogP contribution is 2.29. The number of nitrogen functional groups attached to an aromatic ring is 1. The molecule has 90 valence electrons. The molecule has 0 aliphatic rings. The van der Waals surface area contributed by atoms with E-state index < -0.39 is 5.91 Å². The highest BCUT2D eigenvalue weighted by atomic mass is 32.1. The van der Waals surface area contributed by atoms with Gasteiger partial charge < -0.3 is 16.5 Å². The maximum absolute atomic E-state index is 11.5. The van der Waals surface area contributed by atoms with Gasteiger partial charge in [-0.15, -0.1) is 11.3 Å². The second-order valence-electron chi connectivity index (χ2n) is 3.88. The minimum absolute atomic E-state index is 0.274. The molecule has 5 N–H and O–H groups in total. The molecule has 0 saturated carbocycles. The molecule has 0 saturated heterocycles. The third kappa shape index (κ3) is 1.63. The van der Waals surface area contributed by atoms with Crippen LogP contribution in [-0.2, 0) is 0 Å². The number of aromatic nitrogens is 2. The first-order valence-electron chi connectivity index (χ1n) is 5.28. The fraction of sp³-hybridized carbons (Fsp3) is 0. The van der Waals surface area contributed by atoms with Crippen molar-refractivity contribution in [3.8, 4) is 10.4 Å². The number of nitrogens with one attached hydrogen (secondary N) is 1. The number of thiophene rings is 1. The van der Waals surface area contributed by atoms with Crippen LogP contribution in [0.15, 0.2) is 29.6 Å². The molecule has 2 heterocycles. The number of hydrogen-bond donors (Lipinski definition) is 3. The minimum atomic E-state index is -0.509. The molecule has 0 spiro atoms. The van der Waals surface area contributed by atoms with E-state index in [0.717, 1.165) is 10.4 Å². The van der Waals surface area contributed by atoms with E-state index in [2.05, 4.69) is 9.97 Å². The molecule has 1 amide bonds. The predicted molar refractivity (Wildman–Crippen MR) is 72.3 cm³/mol. The summed E-state index contributed by atoms with van der Waals surface area (Å²) in [6, 6.07) is 7.60. The first kappa shape index (κ1) is 10.8. The maximum Gasteiger partial charge on any atom is 0.250 e. The van der Waals surface area contributed by atoms with Gasteiger partial charge in [0.1, 0.15) is 5.52 Å². The molecule has 3 rings (SSSR count). The van der Waals surface area contributed by atoms with Crippen LogP contribution in [0.2, 0.25) is 0 Å². The van der Waals surface area contributed by atoms with E-state index in [0.29, 0.717) is 16.6 Å². The molecule has 3 aromatic rings. The van der Waals surface area contributed by atoms with Crippen molar-refractivity contribution in [2.75, 3.05) is 5.73 Å². The lowest BCUT2D eigenvalue weighted by molar-refractivity contribution is 0.100. The molecule has 1 aromatic carbocycles. The van der Waals surface area contributed by atoms with Crippen molar-refractivity contribution in [1.82, 2.24) is 9.97 Å². The standard InChI is InChI=1S/C12H10N4OS/c13-11(17)7-4-6(9-2-1-3-18-9)5-8-10(7)16-12(14)15-8/h1-5H,(H2,13,17)(H3,14,15,16). The molecule has 2 aromatic heterocycles. The molecule has 0 aliphatic carbocycles. The van der Waals surface area contributed by atoms with Gasteiger partial charge in [-0.2, -0.15) is 0 Å². The fourth-order valence-corrected chi connectivity index (χ4v) is 2.62. The van der Waals surface area contributed by atoms with Crippen molar-refractivity contribution in [3.63, 3.8) is 0 Å². The van der Waals surface area contributed by atoms with Crippen LogP contribution < -0.4 is 11.5 Å². The van der Waals surface area contributed by atoms with Gasteiger partial charge in [0.15, 0.2) is 5.95 Å². The van der Waals surface area contributed by atoms with Crippen molar-refractivity contribution in [2.45, 2.75) is 0 Å². The number of benzene rings is 1. The Bertz CT molecular complexity index is 730. The number of carbonyl (C=O) groups is 1. The molecule has 18 heavy (non-hydrogen) atoms. The second kappa shape index (κ2) is 3.85. The molecule has 0 radical (unpaired) electrons. The SMILES string of the molecule is NC(=O)c1cc(-c2cccs2)cc2[nH]c(N)nc12. The molecule has 0 bridgehead atoms. The number of fused-ring (bicyclic) bond motifs is 1. The number of carbonyl (C=O) groups excluding carboxylic acids is 1. The number of imidazole rings is 1. The van der Waals surface area contributed by atoms with Gasteiger partial charge in [0.2, 0.25) is 0 Å². The number of H-pyrrole nitrogens is 1. The molecule has 0 unspecified atom stereocenters. The number of primary amides is 1. The van der Waals surface area contributed by atoms with E-state index in [-0.39, 0.29) is 5.95 Å². The van der Waals surface area contributed by atoms with Gasteiger partial charge in [-0.3, -0.25) is 4.79 Å². The van der Waals surface area contributed by atoms with Crippen molar-refractivity contribution < 1.29 is 4.79 Å². The highest BCUT2D eigenvalue weighted by Gasteiger charge is 2.13. The van der Waals surface area contributed by atoms with Crippen LogP contribution in [0.4, 0.5) is 5.95 Å². The monoisotopic (exact) mass is 258 g/mol. The van der Waals surface area contributed by atoms with E-state index in [1.165, 1.54) is 0 Å². The molecule has 0 atom stereocenters. The van der Waals surface area contributed by atoms with E-state index in [9.17, 15) is 4.79 Å². The van der Waals surface area contributed by atoms with Gasteiger partial charge in [-0.1, -0.05) is 6.07 Å². The summed E-state index contributed by atoms with van der Waals surface area (Å²) in [6.45, 7) is 0. The number of anilines is 1. The van der Waals surface area contributed by atoms with Crippen LogP contribution in [0, 0.1) is 0 Å². The third-order valence-electron chi connectivity index (χ3n) is 2.68. The number of hydrogen-bond acceptors (Lipinski definition) is 4. The minimum Gasteiger partial charge on any atom is -0.369 e. The van der Waals surface area contributed by atoms with Crippen LogP contribution in [0.25, 0.3) is 21.5 Å². The Kier molecular flexibility index (Phi) is 2.31. The van der Waals surface area contributed by atoms with E-state index in [1.54, 1.807) is 17.4 Å². The van der Waals surface area contributed by atoms with E-state index >= 15 is 0 Å². The molecular formula is C12H10N4OS. The summed E-state index contributed by atoms with van der Waals surface area (Å²) in [7, 11) is 0. The van der Waals surface area contributed by atoms with Crippen LogP contribution in [0.1, 0.15) is 10.4 Å². The first-order chi connectivity index (χ1) is 8.65. The van der Waals surface area contributed by atoms with E-state index in [4.69, 9.17) is 11.5 Å². The van der Waals surface area contributed by atoms with Crippen molar-refractivity contribution in [1.29, 1.82) is 0 Å². The van der Waals surface area contributed by atoms with Crippen molar-refractivity contribution in [2.24, 2.45) is 5.73 Å². The summed E-state index contributed by atoms with van der Waals surface area (Å²) in [5.74, 6) is -0.235. The lowest BCUT2D eigenvalue weighted by atomic mass is 10.1. The Hall–Kier alpha value is -2.34. The average Bonchev–Trinajstić information content (AvgIpc) is 2.93. The quantitative estimate of drug-likeness (QED) is 0.655. The largest absolute Gasteiger partial charge is 0.369 e. The zero-order chi connectivity index (χ0) is 12.7. The van der Waals surface area contributed by atoms with Crippen LogP contribution in [0.3, 0.4) is 0 Å². The zero-order valence-electron chi connectivity index (χ0n) is 9.31. The number of rotatable bonds is 2. The van der Waals surface area contributed by atoms with E-state index in [1.807, 2.05) is 23.6 Å². The van der Waals surface area contributed by atoms with Crippen LogP contribution >= 0.6 is 11.3 Å². The van der Waals surface area contributed by atoms with Crippen molar-refractivity contribution >= 4 is 34.2 Å². The molecule has 0 aliphatic heterocycles. The fourth-order valence-electron chi connectivity index (χ4n) is 1.91. The molecular weight excluding hydrogens is 248 g/mol. The van der Waals surface area contributed by atoms with Gasteiger partial charge in [-0.05, 0) is 29.1 Å². The Morgan fingerprint density at radius 2 is 2.22 bits per heavy atom. The van der Waals surface area contributed by atoms with Gasteiger partial charge in [-0.25, -0.2) is 4.98 Å². The number of nitrogens with zero attached hydrogens (tertiary/aromatic N) is 1. The summed E-state index contributed by atoms with van der Waals surface area (Å²) in [4.78, 5) is 19.5. The lowest BCUT2D eigenvalue weighted by Gasteiger charge is -2.02. The number of nitrogens with two attached hydrogens (primary N) is 2. The Balaban J connectivity index is 2.33. The van der Waals surface area contributed by atoms with Crippen LogP contribution in [-0.4, -0.2) is 15.9 Å². The summed E-state index contributed by atoms with van der Waals surface area (Å²) >= 11 is 1.59. The Morgan fingerprint density at radius 1 is 1.39 bits per heavy atom. The molecule has 5 nitrogen and oxygen atoms in total. The maximum atomic E-state index is 11.5. The van der Waals surface area contributed by atoms with Gasteiger partial charge in [0, 0.05) is 4.88 Å². The molecule has 6 heteroatoms. The Morgan fingerprint density at radius 3 is 2.89 bits per heavy atom. The summed E-state index contributed by atoms with van der Waals surface area (Å²) in [5.41, 5.74) is 13.5. The predicted octanol–water partition coefficient (Wildman–Crippen LogP) is 1.97. The van der Waals surface area contributed by atoms with Gasteiger partial charge in [0.25, 0.3) is 5.91 Å². The topological polar surface area (TPSA) is 97.8 Å². The van der Waals surface area contributed by atoms with Gasteiger partial charge in [0.05, 0.1) is 11.1 Å². The zero-order valence-corrected chi connectivity index (χ0v) is 10.1. The summed E-state index contributed by atoms with van der Waals surface area (Å²) in [6.07, 6.45) is 0. The smallest absolute Gasteiger partial charge is 0.250 e. The lowest BCUT2D eigenvalue weighted by Crippen LogP contribution is -2.11. The average molecular weight is 258 g/mol. The van der Waals surface area contributed by atoms with Gasteiger partial charge >= 0.3 is 0 Å². The second-order valence-corrected chi connectivity index (χ2v) is 4.83. The third-order valence-corrected chi connectivity index (χ3v) is 3.60. The van der Waals surface area contributed by atoms with Crippen molar-refractivity contribution in [3.05, 3.63) is 35.2 Å². The molecule has 0 fully saturated rings. The highest BCUT2D eigenvalue weighted by molar-refractivity contribution is 7.13. The number of aromatic amines is 1. The first-order valence-corrected chi connectivity index (χ1v) is 6.16. The summed E-state index contributed by atoms with van der Waals surface area (Å²) in [5, 5.41) is 1.98. The number of amides is 1. The normalized spacial score (nSPS) is 10.9. The van der Waals surface area contributed by atoms with Crippen LogP contribution in [0.5, 0.6) is 0 Å². The summed E-state index contributed by atoms with van der Waals surface area (Å²) < 4.78 is 0. The Labute approximate surface area is 106 Å².